The maximum absolute atomic E-state index is 12.2. The molecule has 3 amide bonds. The number of hydrogen-bond acceptors (Lipinski definition) is 6. The van der Waals surface area contributed by atoms with E-state index in [9.17, 15) is 19.5 Å². The summed E-state index contributed by atoms with van der Waals surface area (Å²) in [4.78, 5) is 35.1. The Balaban J connectivity index is 2.03. The van der Waals surface area contributed by atoms with Crippen LogP contribution in [0.5, 0.6) is 0 Å². The lowest BCUT2D eigenvalue weighted by molar-refractivity contribution is -0.133. The smallest absolute Gasteiger partial charge is 0.268 e. The van der Waals surface area contributed by atoms with Crippen molar-refractivity contribution in [3.05, 3.63) is 65.2 Å². The molecule has 0 heterocycles. The van der Waals surface area contributed by atoms with Gasteiger partial charge in [-0.2, -0.15) is 0 Å². The topological polar surface area (TPSA) is 154 Å². The van der Waals surface area contributed by atoms with Gasteiger partial charge in [-0.25, -0.2) is 5.48 Å². The normalized spacial score (nSPS) is 11.5. The minimum absolute atomic E-state index is 0.110. The lowest BCUT2D eigenvalue weighted by atomic mass is 10.1. The van der Waals surface area contributed by atoms with Crippen molar-refractivity contribution >= 4 is 23.4 Å². The number of rotatable bonds is 6. The minimum Gasteiger partial charge on any atom is -0.391 e. The molecule has 2 aromatic rings. The van der Waals surface area contributed by atoms with E-state index in [1.54, 1.807) is 36.4 Å². The molecule has 7 N–H and O–H groups in total. The van der Waals surface area contributed by atoms with Crippen molar-refractivity contribution in [1.82, 2.24) is 10.8 Å². The number of nitrogens with one attached hydrogen (secondary N) is 3. The van der Waals surface area contributed by atoms with Crippen molar-refractivity contribution in [2.75, 3.05) is 11.9 Å². The first kappa shape index (κ1) is 24.1. The number of hydrogen-bond donors (Lipinski definition) is 6. The van der Waals surface area contributed by atoms with E-state index in [1.807, 2.05) is 0 Å². The van der Waals surface area contributed by atoms with Crippen LogP contribution in [0.15, 0.2) is 48.5 Å². The molecule has 0 saturated carbocycles. The molecule has 0 aliphatic heterocycles. The molecule has 9 heteroatoms. The van der Waals surface area contributed by atoms with Gasteiger partial charge in [-0.3, -0.25) is 19.6 Å². The van der Waals surface area contributed by atoms with Crippen molar-refractivity contribution in [2.45, 2.75) is 19.1 Å². The van der Waals surface area contributed by atoms with Crippen LogP contribution >= 0.6 is 0 Å². The van der Waals surface area contributed by atoms with E-state index >= 15 is 0 Å². The predicted octanol–water partition coefficient (Wildman–Crippen LogP) is -0.0284. The van der Waals surface area contributed by atoms with E-state index < -0.39 is 24.0 Å². The average Bonchev–Trinajstić information content (AvgIpc) is 2.80. The molecular weight excluding hydrogens is 412 g/mol. The predicted molar refractivity (Wildman–Crippen MR) is 117 cm³/mol. The molecule has 164 valence electrons. The Morgan fingerprint density at radius 3 is 2.28 bits per heavy atom. The van der Waals surface area contributed by atoms with E-state index in [-0.39, 0.29) is 18.0 Å². The second-order valence-electron chi connectivity index (χ2n) is 6.58. The van der Waals surface area contributed by atoms with Crippen LogP contribution in [-0.2, 0) is 9.59 Å². The van der Waals surface area contributed by atoms with Gasteiger partial charge in [-0.05, 0) is 61.2 Å². The van der Waals surface area contributed by atoms with Crippen LogP contribution in [0.3, 0.4) is 0 Å². The van der Waals surface area contributed by atoms with Crippen molar-refractivity contribution < 1.29 is 24.7 Å². The van der Waals surface area contributed by atoms with E-state index in [0.29, 0.717) is 16.8 Å². The molecular formula is C23H22N4O5. The number of carbonyl (C=O) groups excluding carboxylic acids is 3. The van der Waals surface area contributed by atoms with Crippen molar-refractivity contribution in [2.24, 2.45) is 5.73 Å². The number of amides is 3. The average molecular weight is 434 g/mol. The summed E-state index contributed by atoms with van der Waals surface area (Å²) in [5.74, 6) is 9.31. The summed E-state index contributed by atoms with van der Waals surface area (Å²) in [7, 11) is 0. The van der Waals surface area contributed by atoms with Gasteiger partial charge in [0.25, 0.3) is 11.8 Å². The number of aliphatic hydroxyl groups excluding tert-OH is 1. The highest BCUT2D eigenvalue weighted by atomic mass is 16.5. The third kappa shape index (κ3) is 7.27. The third-order valence-corrected chi connectivity index (χ3v) is 4.12. The summed E-state index contributed by atoms with van der Waals surface area (Å²) in [6.07, 6.45) is -1.20. The number of anilines is 1. The first-order valence-electron chi connectivity index (χ1n) is 9.49. The van der Waals surface area contributed by atoms with Gasteiger partial charge >= 0.3 is 0 Å². The van der Waals surface area contributed by atoms with E-state index in [1.165, 1.54) is 24.5 Å². The quantitative estimate of drug-likeness (QED) is 0.213. The molecule has 0 saturated heterocycles. The Hall–Kier alpha value is -4.15. The van der Waals surface area contributed by atoms with Gasteiger partial charge in [0, 0.05) is 22.4 Å². The zero-order chi connectivity index (χ0) is 23.5. The number of aliphatic hydroxyl groups is 1. The van der Waals surface area contributed by atoms with Crippen LogP contribution < -0.4 is 21.8 Å². The lowest BCUT2D eigenvalue weighted by Gasteiger charge is -2.19. The van der Waals surface area contributed by atoms with E-state index in [0.717, 1.165) is 0 Å². The van der Waals surface area contributed by atoms with E-state index in [4.69, 9.17) is 10.9 Å². The Morgan fingerprint density at radius 2 is 1.69 bits per heavy atom. The fourth-order valence-corrected chi connectivity index (χ4v) is 2.50. The summed E-state index contributed by atoms with van der Waals surface area (Å²) >= 11 is 0. The van der Waals surface area contributed by atoms with Crippen LogP contribution in [0.2, 0.25) is 0 Å². The molecule has 0 aromatic heterocycles. The van der Waals surface area contributed by atoms with Crippen LogP contribution in [-0.4, -0.2) is 46.7 Å². The van der Waals surface area contributed by atoms with Gasteiger partial charge < -0.3 is 21.5 Å². The first-order valence-corrected chi connectivity index (χ1v) is 9.49. The molecule has 0 bridgehead atoms. The number of hydroxylamine groups is 1. The van der Waals surface area contributed by atoms with Crippen LogP contribution in [0.25, 0.3) is 0 Å². The Morgan fingerprint density at radius 1 is 1.03 bits per heavy atom. The molecule has 32 heavy (non-hydrogen) atoms. The highest BCUT2D eigenvalue weighted by Gasteiger charge is 2.25. The number of nitrogens with two attached hydrogens (primary N) is 1. The second-order valence-corrected chi connectivity index (χ2v) is 6.58. The summed E-state index contributed by atoms with van der Waals surface area (Å²) in [6, 6.07) is 11.9. The largest absolute Gasteiger partial charge is 0.391 e. The third-order valence-electron chi connectivity index (χ3n) is 4.12. The summed E-state index contributed by atoms with van der Waals surface area (Å²) < 4.78 is 0. The maximum atomic E-state index is 12.2. The fraction of sp³-hybridized carbons (Fsp3) is 0.174. The van der Waals surface area contributed by atoms with Gasteiger partial charge in [0.1, 0.15) is 6.04 Å². The highest BCUT2D eigenvalue weighted by Crippen LogP contribution is 2.09. The van der Waals surface area contributed by atoms with Crippen molar-refractivity contribution in [1.29, 1.82) is 0 Å². The SMILES string of the molecule is C[C@@H](O)[C@H](NC(=O)c1ccc(C#CC#Cc2cccc(NC(=O)CN)c2)cc1)C(=O)NO. The van der Waals surface area contributed by atoms with Gasteiger partial charge in [-0.15, -0.1) is 0 Å². The zero-order valence-electron chi connectivity index (χ0n) is 17.2. The Labute approximate surface area is 185 Å². The molecule has 0 aliphatic carbocycles. The van der Waals surface area contributed by atoms with Crippen LogP contribution in [0, 0.1) is 23.7 Å². The first-order chi connectivity index (χ1) is 15.3. The van der Waals surface area contributed by atoms with E-state index in [2.05, 4.69) is 34.3 Å². The fourth-order valence-electron chi connectivity index (χ4n) is 2.50. The van der Waals surface area contributed by atoms with Gasteiger partial charge in [-0.1, -0.05) is 17.9 Å². The molecule has 2 atom stereocenters. The molecule has 0 fully saturated rings. The van der Waals surface area contributed by atoms with Crippen LogP contribution in [0.1, 0.15) is 28.4 Å². The Kier molecular flexibility index (Phi) is 8.96. The minimum atomic E-state index is -1.30. The van der Waals surface area contributed by atoms with Crippen molar-refractivity contribution in [3.8, 4) is 23.7 Å². The lowest BCUT2D eigenvalue weighted by Crippen LogP contribution is -2.51. The van der Waals surface area contributed by atoms with Gasteiger partial charge in [0.05, 0.1) is 12.6 Å². The molecule has 0 aliphatic rings. The molecule has 0 unspecified atom stereocenters. The zero-order valence-corrected chi connectivity index (χ0v) is 17.2. The molecule has 9 nitrogen and oxygen atoms in total. The van der Waals surface area contributed by atoms with Crippen molar-refractivity contribution in [3.63, 3.8) is 0 Å². The number of carbonyl (C=O) groups is 3. The molecule has 2 rings (SSSR count). The summed E-state index contributed by atoms with van der Waals surface area (Å²) in [5.41, 5.74) is 8.78. The van der Waals surface area contributed by atoms with Gasteiger partial charge in [0.2, 0.25) is 5.91 Å². The summed E-state index contributed by atoms with van der Waals surface area (Å²) in [6.45, 7) is 1.20. The standard InChI is InChI=1S/C23H22N4O5/c1-15(28)21(23(31)27-32)26-22(30)18-11-9-16(10-12-18)5-2-3-6-17-7-4-8-19(13-17)25-20(29)14-24/h4,7-13,15,21,28,32H,14,24H2,1H3,(H,25,29)(H,26,30)(H,27,31)/t15-,21+/m1/s1. The number of benzene rings is 2. The maximum Gasteiger partial charge on any atom is 0.268 e. The Bertz CT molecular complexity index is 1100. The molecule has 0 radical (unpaired) electrons. The summed E-state index contributed by atoms with van der Waals surface area (Å²) in [5, 5.41) is 23.3. The second kappa shape index (κ2) is 11.9. The highest BCUT2D eigenvalue weighted by molar-refractivity contribution is 5.97. The van der Waals surface area contributed by atoms with Crippen LogP contribution in [0.4, 0.5) is 5.69 Å². The molecule has 0 spiro atoms. The monoisotopic (exact) mass is 434 g/mol. The van der Waals surface area contributed by atoms with Gasteiger partial charge in [0.15, 0.2) is 0 Å². The molecule has 2 aromatic carbocycles.